The molecule has 0 saturated heterocycles. The number of nitrogens with one attached hydrogen (secondary N) is 1. The van der Waals surface area contributed by atoms with Gasteiger partial charge in [-0.15, -0.1) is 0 Å². The Morgan fingerprint density at radius 1 is 1.40 bits per heavy atom. The van der Waals surface area contributed by atoms with Gasteiger partial charge in [-0.1, -0.05) is 31.5 Å². The standard InChI is InChI=1S/C15H21ClN2O2/c1-10-3-6-14(11(2)7-10)17-9-12-4-5-13(16)15(8-12)18(19)20/h4-5,8,10-11,14,17H,3,6-7,9H2,1-2H3. The molecule has 5 heteroatoms. The van der Waals surface area contributed by atoms with E-state index in [2.05, 4.69) is 19.2 Å². The summed E-state index contributed by atoms with van der Waals surface area (Å²) in [7, 11) is 0. The van der Waals surface area contributed by atoms with E-state index in [1.165, 1.54) is 19.3 Å². The highest BCUT2D eigenvalue weighted by atomic mass is 35.5. The summed E-state index contributed by atoms with van der Waals surface area (Å²) in [6.07, 6.45) is 3.68. The molecular weight excluding hydrogens is 276 g/mol. The maximum absolute atomic E-state index is 10.9. The second-order valence-corrected chi connectivity index (χ2v) is 6.33. The molecule has 110 valence electrons. The van der Waals surface area contributed by atoms with Gasteiger partial charge in [0.05, 0.1) is 4.92 Å². The van der Waals surface area contributed by atoms with Crippen LogP contribution in [0.3, 0.4) is 0 Å². The van der Waals surface area contributed by atoms with E-state index < -0.39 is 4.92 Å². The fourth-order valence-electron chi connectivity index (χ4n) is 3.03. The predicted octanol–water partition coefficient (Wildman–Crippen LogP) is 4.16. The van der Waals surface area contributed by atoms with E-state index in [9.17, 15) is 10.1 Å². The second kappa shape index (κ2) is 6.55. The first-order valence-corrected chi connectivity index (χ1v) is 7.51. The molecule has 1 fully saturated rings. The van der Waals surface area contributed by atoms with Crippen LogP contribution in [-0.2, 0) is 6.54 Å². The lowest BCUT2D eigenvalue weighted by Gasteiger charge is -2.33. The number of nitrogens with zero attached hydrogens (tertiary/aromatic N) is 1. The van der Waals surface area contributed by atoms with Gasteiger partial charge in [0.25, 0.3) is 5.69 Å². The molecule has 0 spiro atoms. The van der Waals surface area contributed by atoms with Crippen molar-refractivity contribution in [2.45, 2.75) is 45.7 Å². The molecule has 2 rings (SSSR count). The lowest BCUT2D eigenvalue weighted by molar-refractivity contribution is -0.384. The zero-order chi connectivity index (χ0) is 14.7. The van der Waals surface area contributed by atoms with Crippen molar-refractivity contribution in [1.82, 2.24) is 5.32 Å². The highest BCUT2D eigenvalue weighted by molar-refractivity contribution is 6.32. The van der Waals surface area contributed by atoms with Crippen molar-refractivity contribution < 1.29 is 4.92 Å². The van der Waals surface area contributed by atoms with Crippen LogP contribution < -0.4 is 5.32 Å². The van der Waals surface area contributed by atoms with Crippen LogP contribution in [0.25, 0.3) is 0 Å². The van der Waals surface area contributed by atoms with Gasteiger partial charge in [0.15, 0.2) is 0 Å². The number of rotatable bonds is 4. The Morgan fingerprint density at radius 2 is 2.15 bits per heavy atom. The van der Waals surface area contributed by atoms with E-state index >= 15 is 0 Å². The highest BCUT2D eigenvalue weighted by Crippen LogP contribution is 2.29. The normalized spacial score (nSPS) is 26.4. The minimum Gasteiger partial charge on any atom is -0.310 e. The number of hydrogen-bond acceptors (Lipinski definition) is 3. The van der Waals surface area contributed by atoms with Crippen molar-refractivity contribution in [3.8, 4) is 0 Å². The Balaban J connectivity index is 1.97. The van der Waals surface area contributed by atoms with Gasteiger partial charge in [-0.3, -0.25) is 10.1 Å². The molecule has 0 amide bonds. The summed E-state index contributed by atoms with van der Waals surface area (Å²) in [6.45, 7) is 5.23. The third-order valence-electron chi connectivity index (χ3n) is 4.21. The number of hydrogen-bond donors (Lipinski definition) is 1. The molecule has 1 aromatic rings. The molecule has 0 bridgehead atoms. The fraction of sp³-hybridized carbons (Fsp3) is 0.600. The fourth-order valence-corrected chi connectivity index (χ4v) is 3.21. The molecular formula is C15H21ClN2O2. The van der Waals surface area contributed by atoms with E-state index in [1.54, 1.807) is 12.1 Å². The van der Waals surface area contributed by atoms with Gasteiger partial charge in [-0.2, -0.15) is 0 Å². The summed E-state index contributed by atoms with van der Waals surface area (Å²) in [5.41, 5.74) is 0.892. The summed E-state index contributed by atoms with van der Waals surface area (Å²) < 4.78 is 0. The Hall–Kier alpha value is -1.13. The van der Waals surface area contributed by atoms with E-state index in [0.717, 1.165) is 11.5 Å². The molecule has 1 aliphatic carbocycles. The zero-order valence-electron chi connectivity index (χ0n) is 11.9. The lowest BCUT2D eigenvalue weighted by Crippen LogP contribution is -2.38. The maximum atomic E-state index is 10.9. The van der Waals surface area contributed by atoms with Gasteiger partial charge >= 0.3 is 0 Å². The van der Waals surface area contributed by atoms with Crippen molar-refractivity contribution >= 4 is 17.3 Å². The summed E-state index contributed by atoms with van der Waals surface area (Å²) in [4.78, 5) is 10.4. The average molecular weight is 297 g/mol. The van der Waals surface area contributed by atoms with E-state index in [4.69, 9.17) is 11.6 Å². The van der Waals surface area contributed by atoms with Crippen LogP contribution in [0.4, 0.5) is 5.69 Å². The number of nitro benzene ring substituents is 1. The zero-order valence-corrected chi connectivity index (χ0v) is 12.7. The third kappa shape index (κ3) is 3.70. The van der Waals surface area contributed by atoms with Crippen LogP contribution in [-0.4, -0.2) is 11.0 Å². The second-order valence-electron chi connectivity index (χ2n) is 5.93. The van der Waals surface area contributed by atoms with Crippen molar-refractivity contribution in [2.75, 3.05) is 0 Å². The van der Waals surface area contributed by atoms with Crippen LogP contribution in [0.1, 0.15) is 38.7 Å². The van der Waals surface area contributed by atoms with E-state index in [-0.39, 0.29) is 10.7 Å². The Bertz CT molecular complexity index is 493. The molecule has 1 saturated carbocycles. The SMILES string of the molecule is CC1CCC(NCc2ccc(Cl)c([N+](=O)[O-])c2)C(C)C1. The van der Waals surface area contributed by atoms with Crippen molar-refractivity contribution in [1.29, 1.82) is 0 Å². The van der Waals surface area contributed by atoms with E-state index in [0.29, 0.717) is 18.5 Å². The lowest BCUT2D eigenvalue weighted by atomic mass is 9.80. The average Bonchev–Trinajstić information content (AvgIpc) is 2.39. The van der Waals surface area contributed by atoms with Gasteiger partial charge in [0, 0.05) is 18.7 Å². The number of benzene rings is 1. The predicted molar refractivity (Wildman–Crippen MR) is 80.9 cm³/mol. The van der Waals surface area contributed by atoms with Crippen LogP contribution in [0, 0.1) is 22.0 Å². The monoisotopic (exact) mass is 296 g/mol. The first-order chi connectivity index (χ1) is 9.47. The topological polar surface area (TPSA) is 55.2 Å². The number of nitro groups is 1. The highest BCUT2D eigenvalue weighted by Gasteiger charge is 2.24. The Morgan fingerprint density at radius 3 is 2.80 bits per heavy atom. The molecule has 0 aromatic heterocycles. The summed E-state index contributed by atoms with van der Waals surface area (Å²) in [5, 5.41) is 14.6. The van der Waals surface area contributed by atoms with Crippen molar-refractivity contribution in [3.05, 3.63) is 38.9 Å². The van der Waals surface area contributed by atoms with Crippen LogP contribution in [0.15, 0.2) is 18.2 Å². The third-order valence-corrected chi connectivity index (χ3v) is 4.53. The molecule has 0 aliphatic heterocycles. The summed E-state index contributed by atoms with van der Waals surface area (Å²) >= 11 is 5.82. The quantitative estimate of drug-likeness (QED) is 0.670. The molecule has 0 radical (unpaired) electrons. The Labute approximate surface area is 124 Å². The molecule has 20 heavy (non-hydrogen) atoms. The van der Waals surface area contributed by atoms with Gasteiger partial charge in [0.1, 0.15) is 5.02 Å². The van der Waals surface area contributed by atoms with Crippen LogP contribution >= 0.6 is 11.6 Å². The maximum Gasteiger partial charge on any atom is 0.288 e. The molecule has 3 atom stereocenters. The van der Waals surface area contributed by atoms with Crippen molar-refractivity contribution in [3.63, 3.8) is 0 Å². The first kappa shape index (κ1) is 15.3. The van der Waals surface area contributed by atoms with Gasteiger partial charge in [0.2, 0.25) is 0 Å². The largest absolute Gasteiger partial charge is 0.310 e. The van der Waals surface area contributed by atoms with Gasteiger partial charge in [-0.25, -0.2) is 0 Å². The minimum absolute atomic E-state index is 0.0173. The first-order valence-electron chi connectivity index (χ1n) is 7.13. The summed E-state index contributed by atoms with van der Waals surface area (Å²) in [5.74, 6) is 1.46. The van der Waals surface area contributed by atoms with Crippen molar-refractivity contribution in [2.24, 2.45) is 11.8 Å². The van der Waals surface area contributed by atoms with E-state index in [1.807, 2.05) is 6.07 Å². The van der Waals surface area contributed by atoms with Gasteiger partial charge in [-0.05, 0) is 42.7 Å². The molecule has 3 unspecified atom stereocenters. The summed E-state index contributed by atoms with van der Waals surface area (Å²) in [6, 6.07) is 5.51. The smallest absolute Gasteiger partial charge is 0.288 e. The molecule has 1 aliphatic rings. The molecule has 4 nitrogen and oxygen atoms in total. The molecule has 1 aromatic carbocycles. The minimum atomic E-state index is -0.434. The number of halogens is 1. The van der Waals surface area contributed by atoms with Crippen LogP contribution in [0.2, 0.25) is 5.02 Å². The molecule has 0 heterocycles. The molecule has 1 N–H and O–H groups in total. The van der Waals surface area contributed by atoms with Gasteiger partial charge < -0.3 is 5.32 Å². The Kier molecular flexibility index (Phi) is 5.00. The van der Waals surface area contributed by atoms with Crippen LogP contribution in [0.5, 0.6) is 0 Å².